The molecule has 0 aliphatic rings. The summed E-state index contributed by atoms with van der Waals surface area (Å²) in [5, 5.41) is 1.06. The standard InChI is InChI=1S/C27H21F5O/c1-2-17-3-5-18(6-4-17)7-8-19-9-12-22-20(15-19)10-13-23(26(22)29)21-11-14-25(24(28)16-21)33-27(30,31)32/h3-6,9-16H,2,7-8H2,1H3. The SMILES string of the molecule is CCc1ccc(CCc2ccc3c(F)c(-c4ccc(OC(F)(F)F)c(F)c4)ccc3c2)cc1. The molecule has 0 radical (unpaired) electrons. The first kappa shape index (κ1) is 22.8. The molecule has 170 valence electrons. The Morgan fingerprint density at radius 3 is 2.06 bits per heavy atom. The predicted molar refractivity (Wildman–Crippen MR) is 119 cm³/mol. The molecule has 0 N–H and O–H groups in total. The maximum absolute atomic E-state index is 15.2. The Labute approximate surface area is 188 Å². The molecule has 4 rings (SSSR count). The van der Waals surface area contributed by atoms with Gasteiger partial charge in [0.15, 0.2) is 11.6 Å². The van der Waals surface area contributed by atoms with Crippen molar-refractivity contribution >= 4 is 10.8 Å². The molecule has 0 aliphatic heterocycles. The van der Waals surface area contributed by atoms with Gasteiger partial charge in [0, 0.05) is 10.9 Å². The second-order valence-corrected chi connectivity index (χ2v) is 7.85. The molecule has 0 aromatic heterocycles. The minimum absolute atomic E-state index is 0.101. The highest BCUT2D eigenvalue weighted by molar-refractivity contribution is 5.88. The van der Waals surface area contributed by atoms with Crippen molar-refractivity contribution in [2.75, 3.05) is 0 Å². The molecule has 6 heteroatoms. The van der Waals surface area contributed by atoms with Crippen molar-refractivity contribution < 1.29 is 26.7 Å². The second-order valence-electron chi connectivity index (χ2n) is 7.85. The van der Waals surface area contributed by atoms with Gasteiger partial charge in [-0.05, 0) is 59.0 Å². The summed E-state index contributed by atoms with van der Waals surface area (Å²) in [6.45, 7) is 2.11. The lowest BCUT2D eigenvalue weighted by atomic mass is 9.97. The van der Waals surface area contributed by atoms with E-state index in [1.165, 1.54) is 23.3 Å². The van der Waals surface area contributed by atoms with E-state index < -0.39 is 23.7 Å². The topological polar surface area (TPSA) is 9.23 Å². The van der Waals surface area contributed by atoms with Crippen molar-refractivity contribution in [3.63, 3.8) is 0 Å². The van der Waals surface area contributed by atoms with Gasteiger partial charge in [-0.3, -0.25) is 0 Å². The number of halogens is 5. The Hall–Kier alpha value is -3.41. The van der Waals surface area contributed by atoms with Gasteiger partial charge in [0.05, 0.1) is 0 Å². The zero-order valence-corrected chi connectivity index (χ0v) is 17.8. The highest BCUT2D eigenvalue weighted by atomic mass is 19.4. The molecule has 0 atom stereocenters. The van der Waals surface area contributed by atoms with Crippen LogP contribution in [-0.4, -0.2) is 6.36 Å². The summed E-state index contributed by atoms with van der Waals surface area (Å²) in [4.78, 5) is 0. The van der Waals surface area contributed by atoms with Crippen LogP contribution in [0.1, 0.15) is 23.6 Å². The van der Waals surface area contributed by atoms with Gasteiger partial charge < -0.3 is 4.74 Å². The van der Waals surface area contributed by atoms with Crippen LogP contribution in [-0.2, 0) is 19.3 Å². The molecular weight excluding hydrogens is 435 g/mol. The number of hydrogen-bond donors (Lipinski definition) is 0. The van der Waals surface area contributed by atoms with E-state index in [4.69, 9.17) is 0 Å². The molecule has 0 saturated carbocycles. The Balaban J connectivity index is 1.56. The van der Waals surface area contributed by atoms with Crippen LogP contribution in [0.4, 0.5) is 22.0 Å². The molecule has 0 saturated heterocycles. The minimum Gasteiger partial charge on any atom is -0.403 e. The van der Waals surface area contributed by atoms with Crippen LogP contribution in [0.15, 0.2) is 72.8 Å². The van der Waals surface area contributed by atoms with Gasteiger partial charge in [0.2, 0.25) is 0 Å². The number of aryl methyl sites for hydroxylation is 3. The third kappa shape index (κ3) is 5.33. The molecule has 0 unspecified atom stereocenters. The minimum atomic E-state index is -5.01. The summed E-state index contributed by atoms with van der Waals surface area (Å²) in [6, 6.07) is 20.1. The number of alkyl halides is 3. The van der Waals surface area contributed by atoms with E-state index in [9.17, 15) is 17.6 Å². The average molecular weight is 456 g/mol. The van der Waals surface area contributed by atoms with E-state index in [1.54, 1.807) is 12.1 Å². The highest BCUT2D eigenvalue weighted by Crippen LogP contribution is 2.33. The Morgan fingerprint density at radius 2 is 1.39 bits per heavy atom. The van der Waals surface area contributed by atoms with Crippen LogP contribution in [0.2, 0.25) is 0 Å². The molecule has 1 nitrogen and oxygen atoms in total. The van der Waals surface area contributed by atoms with E-state index in [1.807, 2.05) is 12.1 Å². The van der Waals surface area contributed by atoms with Crippen LogP contribution in [0, 0.1) is 11.6 Å². The summed E-state index contributed by atoms with van der Waals surface area (Å²) in [7, 11) is 0. The Bertz CT molecular complexity index is 1280. The van der Waals surface area contributed by atoms with Crippen LogP contribution >= 0.6 is 0 Å². The summed E-state index contributed by atoms with van der Waals surface area (Å²) in [5.41, 5.74) is 3.81. The van der Waals surface area contributed by atoms with Gasteiger partial charge in [-0.1, -0.05) is 67.6 Å². The summed E-state index contributed by atoms with van der Waals surface area (Å²) in [6.07, 6.45) is -2.35. The maximum Gasteiger partial charge on any atom is 0.573 e. The van der Waals surface area contributed by atoms with Crippen molar-refractivity contribution in [3.05, 3.63) is 101 Å². The van der Waals surface area contributed by atoms with Gasteiger partial charge in [-0.25, -0.2) is 8.78 Å². The fourth-order valence-electron chi connectivity index (χ4n) is 3.83. The molecule has 0 bridgehead atoms. The number of benzene rings is 4. The molecule has 0 aliphatic carbocycles. The Morgan fingerprint density at radius 1 is 0.727 bits per heavy atom. The molecule has 0 spiro atoms. The van der Waals surface area contributed by atoms with Crippen molar-refractivity contribution in [2.45, 2.75) is 32.5 Å². The number of hydrogen-bond acceptors (Lipinski definition) is 1. The van der Waals surface area contributed by atoms with Gasteiger partial charge in [-0.15, -0.1) is 13.2 Å². The van der Waals surface area contributed by atoms with Crippen LogP contribution in [0.25, 0.3) is 21.9 Å². The van der Waals surface area contributed by atoms with Gasteiger partial charge in [0.25, 0.3) is 0 Å². The zero-order chi connectivity index (χ0) is 23.6. The molecule has 33 heavy (non-hydrogen) atoms. The molecule has 0 heterocycles. The number of fused-ring (bicyclic) bond motifs is 1. The summed E-state index contributed by atoms with van der Waals surface area (Å²) in [5.74, 6) is -2.73. The van der Waals surface area contributed by atoms with Gasteiger partial charge in [-0.2, -0.15) is 0 Å². The fraction of sp³-hybridized carbons (Fsp3) is 0.185. The molecule has 0 amide bonds. The molecular formula is C27H21F5O. The van der Waals surface area contributed by atoms with Crippen LogP contribution in [0.5, 0.6) is 5.75 Å². The smallest absolute Gasteiger partial charge is 0.403 e. The van der Waals surface area contributed by atoms with Gasteiger partial charge >= 0.3 is 6.36 Å². The largest absolute Gasteiger partial charge is 0.573 e. The van der Waals surface area contributed by atoms with E-state index in [2.05, 4.69) is 35.9 Å². The Kier molecular flexibility index (Phi) is 6.36. The van der Waals surface area contributed by atoms with Crippen molar-refractivity contribution in [2.24, 2.45) is 0 Å². The lowest BCUT2D eigenvalue weighted by Gasteiger charge is -2.12. The van der Waals surface area contributed by atoms with Crippen molar-refractivity contribution in [3.8, 4) is 16.9 Å². The normalized spacial score (nSPS) is 11.7. The van der Waals surface area contributed by atoms with Crippen LogP contribution < -0.4 is 4.74 Å². The van der Waals surface area contributed by atoms with E-state index in [-0.39, 0.29) is 11.1 Å². The third-order valence-corrected chi connectivity index (χ3v) is 5.62. The van der Waals surface area contributed by atoms with E-state index >= 15 is 4.39 Å². The van der Waals surface area contributed by atoms with Gasteiger partial charge in [0.1, 0.15) is 5.82 Å². The van der Waals surface area contributed by atoms with E-state index in [0.717, 1.165) is 37.0 Å². The van der Waals surface area contributed by atoms with Crippen molar-refractivity contribution in [1.82, 2.24) is 0 Å². The lowest BCUT2D eigenvalue weighted by Crippen LogP contribution is -2.17. The highest BCUT2D eigenvalue weighted by Gasteiger charge is 2.32. The maximum atomic E-state index is 15.2. The van der Waals surface area contributed by atoms with E-state index in [0.29, 0.717) is 10.8 Å². The zero-order valence-electron chi connectivity index (χ0n) is 17.8. The summed E-state index contributed by atoms with van der Waals surface area (Å²) >= 11 is 0. The molecule has 0 fully saturated rings. The third-order valence-electron chi connectivity index (χ3n) is 5.62. The predicted octanol–water partition coefficient (Wildman–Crippen LogP) is 8.03. The first-order valence-corrected chi connectivity index (χ1v) is 10.6. The first-order chi connectivity index (χ1) is 15.7. The van der Waals surface area contributed by atoms with Crippen molar-refractivity contribution in [1.29, 1.82) is 0 Å². The number of ether oxygens (including phenoxy) is 1. The number of rotatable bonds is 6. The first-order valence-electron chi connectivity index (χ1n) is 10.6. The quantitative estimate of drug-likeness (QED) is 0.267. The van der Waals surface area contributed by atoms with Crippen LogP contribution in [0.3, 0.4) is 0 Å². The average Bonchev–Trinajstić information content (AvgIpc) is 2.79. The molecule has 4 aromatic carbocycles. The lowest BCUT2D eigenvalue weighted by molar-refractivity contribution is -0.275. The molecule has 4 aromatic rings. The second kappa shape index (κ2) is 9.22. The monoisotopic (exact) mass is 456 g/mol. The summed E-state index contributed by atoms with van der Waals surface area (Å²) < 4.78 is 69.9. The fourth-order valence-corrected chi connectivity index (χ4v) is 3.83.